The number of benzene rings is 13. The van der Waals surface area contributed by atoms with Gasteiger partial charge in [-0.2, -0.15) is 5.10 Å². The molecule has 13 aromatic carbocycles. The molecule has 13 nitrogen and oxygen atoms in total. The van der Waals surface area contributed by atoms with E-state index in [9.17, 15) is 51.1 Å². The Morgan fingerprint density at radius 1 is 0.377 bits per heavy atom. The number of phenolic OH excluding ortho intramolecular Hbond substituents is 10. The Morgan fingerprint density at radius 3 is 1.04 bits per heavy atom. The van der Waals surface area contributed by atoms with Crippen molar-refractivity contribution in [2.75, 3.05) is 7.11 Å². The SMILES string of the molecule is C=CCc1cc(-c2c(O)ccc3c(-c4cc(CC=C)c(O)c(C(C)(C)C)c4)c(O)ccc23)cc(C(C)(C)C)c1O.CC(C)c1cc(-c2c(O)ccc3cc(-n4cccn4)ccc23)cc(C(C)C)c1O.CCCc1cc(-c2c(O)ccc3cc(Br)ccc23)cc(C(C)(C)C)c1O.CCCc1cc(-c2c(O)ccc3cc(OC)ccc23)cc(C(C)(C)C)c1O. The Labute approximate surface area is 728 Å². The fourth-order valence-corrected chi connectivity index (χ4v) is 16.7. The summed E-state index contributed by atoms with van der Waals surface area (Å²) in [6, 6.07) is 57.5. The van der Waals surface area contributed by atoms with Crippen molar-refractivity contribution in [3.63, 3.8) is 0 Å². The molecule has 1 heterocycles. The van der Waals surface area contributed by atoms with Gasteiger partial charge in [0.15, 0.2) is 0 Å². The van der Waals surface area contributed by atoms with Gasteiger partial charge in [-0.25, -0.2) is 4.68 Å². The lowest BCUT2D eigenvalue weighted by molar-refractivity contribution is 0.415. The van der Waals surface area contributed by atoms with Gasteiger partial charge >= 0.3 is 0 Å². The third-order valence-corrected chi connectivity index (χ3v) is 23.2. The van der Waals surface area contributed by atoms with Crippen molar-refractivity contribution in [2.45, 2.75) is 197 Å². The normalized spacial score (nSPS) is 11.9. The Hall–Kier alpha value is -12.1. The average molecular weight is 1700 g/mol. The molecule has 0 bridgehead atoms. The second kappa shape index (κ2) is 36.7. The van der Waals surface area contributed by atoms with Crippen LogP contribution in [0, 0.1) is 0 Å². The number of hydrogen-bond donors (Lipinski definition) is 10. The monoisotopic (exact) mass is 1700 g/mol. The number of aryl methyl sites for hydroxylation is 2. The minimum atomic E-state index is -0.337. The van der Waals surface area contributed by atoms with Crippen LogP contribution in [-0.2, 0) is 47.3 Å². The Morgan fingerprint density at radius 2 is 0.697 bits per heavy atom. The van der Waals surface area contributed by atoms with E-state index in [1.54, 1.807) is 55.8 Å². The maximum Gasteiger partial charge on any atom is 0.124 e. The lowest BCUT2D eigenvalue weighted by Crippen LogP contribution is -2.12. The largest absolute Gasteiger partial charge is 0.507 e. The van der Waals surface area contributed by atoms with Crippen LogP contribution in [-0.4, -0.2) is 68.0 Å². The molecular formula is C108H119BrN2O11. The quantitative estimate of drug-likeness (QED) is 0.0384. The van der Waals surface area contributed by atoms with E-state index < -0.39 is 0 Å². The fraction of sp³-hybridized carbons (Fsp3) is 0.287. The molecule has 14 aromatic rings. The molecule has 0 spiro atoms. The number of allylic oxidation sites excluding steroid dienone is 2. The maximum absolute atomic E-state index is 11.2. The van der Waals surface area contributed by atoms with Crippen molar-refractivity contribution in [3.8, 4) is 125 Å². The molecule has 0 saturated carbocycles. The zero-order valence-electron chi connectivity index (χ0n) is 74.1. The first-order chi connectivity index (χ1) is 57.5. The van der Waals surface area contributed by atoms with Gasteiger partial charge in [0, 0.05) is 66.9 Å². The van der Waals surface area contributed by atoms with Crippen LogP contribution in [0.2, 0.25) is 0 Å². The Balaban J connectivity index is 0.000000161. The molecule has 14 heteroatoms. The minimum Gasteiger partial charge on any atom is -0.507 e. The molecule has 0 radical (unpaired) electrons. The molecule has 0 unspecified atom stereocenters. The first-order valence-electron chi connectivity index (χ1n) is 42.0. The molecule has 14 rings (SSSR count). The van der Waals surface area contributed by atoms with Gasteiger partial charge in [-0.15, -0.1) is 13.2 Å². The second-order valence-corrected chi connectivity index (χ2v) is 37.5. The zero-order chi connectivity index (χ0) is 89.1. The zero-order valence-corrected chi connectivity index (χ0v) is 75.7. The van der Waals surface area contributed by atoms with Crippen LogP contribution < -0.4 is 4.74 Å². The Bertz CT molecular complexity index is 6110. The molecular weight excluding hydrogens is 1580 g/mol. The highest BCUT2D eigenvalue weighted by Gasteiger charge is 2.30. The van der Waals surface area contributed by atoms with Crippen molar-refractivity contribution < 1.29 is 55.8 Å². The summed E-state index contributed by atoms with van der Waals surface area (Å²) in [7, 11) is 1.65. The van der Waals surface area contributed by atoms with E-state index in [0.717, 1.165) is 185 Å². The molecule has 0 saturated heterocycles. The number of aromatic nitrogens is 2. The number of halogens is 1. The van der Waals surface area contributed by atoms with Crippen LogP contribution in [0.4, 0.5) is 0 Å². The number of rotatable bonds is 17. The lowest BCUT2D eigenvalue weighted by atomic mass is 9.81. The molecule has 0 fully saturated rings. The number of fused-ring (bicyclic) bond motifs is 4. The maximum atomic E-state index is 11.2. The van der Waals surface area contributed by atoms with Gasteiger partial charge in [-0.3, -0.25) is 0 Å². The molecule has 0 aliphatic heterocycles. The summed E-state index contributed by atoms with van der Waals surface area (Å²) < 4.78 is 8.16. The smallest absolute Gasteiger partial charge is 0.124 e. The van der Waals surface area contributed by atoms with Crippen LogP contribution in [0.5, 0.6) is 63.2 Å². The summed E-state index contributed by atoms with van der Waals surface area (Å²) in [6.07, 6.45) is 11.6. The molecule has 0 aliphatic carbocycles. The van der Waals surface area contributed by atoms with Crippen molar-refractivity contribution in [3.05, 3.63) is 280 Å². The van der Waals surface area contributed by atoms with Gasteiger partial charge in [-0.1, -0.05) is 196 Å². The highest BCUT2D eigenvalue weighted by atomic mass is 79.9. The number of methoxy groups -OCH3 is 1. The molecule has 634 valence electrons. The summed E-state index contributed by atoms with van der Waals surface area (Å²) in [5.74, 6) is 3.66. The van der Waals surface area contributed by atoms with E-state index >= 15 is 0 Å². The van der Waals surface area contributed by atoms with Crippen LogP contribution in [0.15, 0.2) is 224 Å². The molecule has 122 heavy (non-hydrogen) atoms. The lowest BCUT2D eigenvalue weighted by Gasteiger charge is -2.25. The average Bonchev–Trinajstić information content (AvgIpc) is 0.759. The van der Waals surface area contributed by atoms with Crippen molar-refractivity contribution in [2.24, 2.45) is 0 Å². The number of aromatic hydroxyl groups is 10. The number of hydrogen-bond acceptors (Lipinski definition) is 12. The van der Waals surface area contributed by atoms with Gasteiger partial charge in [0.25, 0.3) is 0 Å². The summed E-state index contributed by atoms with van der Waals surface area (Å²) >= 11 is 3.52. The first kappa shape index (κ1) is 90.6. The molecule has 0 aliphatic rings. The number of ether oxygens (including phenoxy) is 1. The molecule has 10 N–H and O–H groups in total. The summed E-state index contributed by atoms with van der Waals surface area (Å²) in [5, 5.41) is 121. The molecule has 1 aromatic heterocycles. The predicted molar refractivity (Wildman–Crippen MR) is 510 cm³/mol. The van der Waals surface area contributed by atoms with Gasteiger partial charge in [0.1, 0.15) is 63.2 Å². The van der Waals surface area contributed by atoms with Gasteiger partial charge in [0.05, 0.1) is 12.8 Å². The fourth-order valence-electron chi connectivity index (χ4n) is 16.4. The van der Waals surface area contributed by atoms with Gasteiger partial charge in [0.2, 0.25) is 0 Å². The summed E-state index contributed by atoms with van der Waals surface area (Å²) in [4.78, 5) is 0. The summed E-state index contributed by atoms with van der Waals surface area (Å²) in [5.41, 5.74) is 16.4. The minimum absolute atomic E-state index is 0.104. The highest BCUT2D eigenvalue weighted by molar-refractivity contribution is 9.10. The van der Waals surface area contributed by atoms with E-state index in [-0.39, 0.29) is 73.7 Å². The predicted octanol–water partition coefficient (Wildman–Crippen LogP) is 28.5. The topological polar surface area (TPSA) is 229 Å². The van der Waals surface area contributed by atoms with E-state index in [4.69, 9.17) is 4.74 Å². The van der Waals surface area contributed by atoms with Crippen LogP contribution in [0.1, 0.15) is 205 Å². The first-order valence-corrected chi connectivity index (χ1v) is 42.8. The molecule has 0 amide bonds. The third-order valence-electron chi connectivity index (χ3n) is 22.7. The number of nitrogens with zero attached hydrogens (tertiary/aromatic N) is 2. The van der Waals surface area contributed by atoms with E-state index in [0.29, 0.717) is 41.2 Å². The second-order valence-electron chi connectivity index (χ2n) is 36.6. The van der Waals surface area contributed by atoms with Crippen LogP contribution in [0.3, 0.4) is 0 Å². The Kier molecular flexibility index (Phi) is 27.2. The van der Waals surface area contributed by atoms with E-state index in [1.165, 1.54) is 0 Å². The van der Waals surface area contributed by atoms with Crippen LogP contribution >= 0.6 is 15.9 Å². The third kappa shape index (κ3) is 19.3. The van der Waals surface area contributed by atoms with Gasteiger partial charge < -0.3 is 55.8 Å². The number of phenols is 10. The van der Waals surface area contributed by atoms with Crippen LogP contribution in [0.25, 0.3) is 104 Å². The van der Waals surface area contributed by atoms with Gasteiger partial charge in [-0.05, 0) is 315 Å². The van der Waals surface area contributed by atoms with Crippen molar-refractivity contribution >= 4 is 59.0 Å². The standard InChI is InChI=1S/C36H40O4.C25H26N2O2.C24H28O3.C23H25BrO2/c1-9-11-21-17-23(19-27(33(21)39)35(3,4)5)31-25-13-16-30(38)32(26(25)14-15-29(31)37)24-18-22(12-10-2)34(40)28(20-24)36(6,7)8;1-15(2)21-13-18(14-22(16(3)4)25(21)29)24-20-8-7-19(27-11-5-10-26-27)12-17(20)6-9-23(24)28;1-6-7-16-12-17(14-20(23(16)26)24(2,3)4)22-19-10-9-18(27-5)13-15(19)8-11-21(22)25;1-5-6-15-11-16(13-19(22(15)26)23(2,3)4)21-18-9-8-17(24)12-14(18)7-10-20(21)25/h9-10,13-20,37-40H,1-2,11-12H2,3-8H3;5-16,28-29H,1-4H3;8-14,25-26H,6-7H2,1-5H3;7-13,25-26H,5-6H2,1-4H3. The van der Waals surface area contributed by atoms with E-state index in [1.807, 2.05) is 192 Å². The highest BCUT2D eigenvalue weighted by Crippen LogP contribution is 2.51. The van der Waals surface area contributed by atoms with Crippen molar-refractivity contribution in [1.29, 1.82) is 0 Å². The van der Waals surface area contributed by atoms with Crippen molar-refractivity contribution in [1.82, 2.24) is 9.78 Å². The summed E-state index contributed by atoms with van der Waals surface area (Å²) in [6.45, 7) is 45.0. The van der Waals surface area contributed by atoms with E-state index in [2.05, 4.69) is 129 Å². The molecule has 0 atom stereocenters.